The molecule has 0 heterocycles. The van der Waals surface area contributed by atoms with E-state index in [1.807, 2.05) is 0 Å². The second-order valence-electron chi connectivity index (χ2n) is 3.40. The molecule has 0 aromatic carbocycles. The SMILES string of the molecule is CC(=O)N[C@@H](CSCSCC(N)C(=O)O)C(=O)O. The number of nitrogens with two attached hydrogens (primary N) is 1. The summed E-state index contributed by atoms with van der Waals surface area (Å²) in [5.41, 5.74) is 5.29. The monoisotopic (exact) mass is 296 g/mol. The highest BCUT2D eigenvalue weighted by atomic mass is 32.2. The molecule has 0 bridgehead atoms. The third-order valence-electron chi connectivity index (χ3n) is 1.74. The molecule has 1 amide bonds. The summed E-state index contributed by atoms with van der Waals surface area (Å²) in [6, 6.07) is -1.84. The van der Waals surface area contributed by atoms with Crippen molar-refractivity contribution in [2.75, 3.05) is 16.6 Å². The average molecular weight is 296 g/mol. The van der Waals surface area contributed by atoms with Crippen LogP contribution in [-0.4, -0.2) is 56.7 Å². The fourth-order valence-corrected chi connectivity index (χ4v) is 2.99. The van der Waals surface area contributed by atoms with E-state index in [9.17, 15) is 14.4 Å². The van der Waals surface area contributed by atoms with Crippen molar-refractivity contribution in [1.29, 1.82) is 0 Å². The van der Waals surface area contributed by atoms with Gasteiger partial charge in [-0.3, -0.25) is 9.59 Å². The minimum absolute atomic E-state index is 0.226. The van der Waals surface area contributed by atoms with Gasteiger partial charge in [-0.25, -0.2) is 4.79 Å². The van der Waals surface area contributed by atoms with Crippen molar-refractivity contribution < 1.29 is 24.6 Å². The maximum absolute atomic E-state index is 10.8. The molecule has 2 atom stereocenters. The zero-order valence-electron chi connectivity index (χ0n) is 9.79. The molecular formula is C9H16N2O5S2. The van der Waals surface area contributed by atoms with Crippen LogP contribution < -0.4 is 11.1 Å². The van der Waals surface area contributed by atoms with Crippen LogP contribution in [0.5, 0.6) is 0 Å². The van der Waals surface area contributed by atoms with Crippen molar-refractivity contribution in [3.63, 3.8) is 0 Å². The largest absolute Gasteiger partial charge is 0.480 e. The number of aliphatic carboxylic acids is 2. The first-order valence-corrected chi connectivity index (χ1v) is 7.29. The molecule has 104 valence electrons. The number of carbonyl (C=O) groups is 3. The van der Waals surface area contributed by atoms with Gasteiger partial charge in [-0.05, 0) is 0 Å². The van der Waals surface area contributed by atoms with E-state index < -0.39 is 29.9 Å². The van der Waals surface area contributed by atoms with Gasteiger partial charge in [0.15, 0.2) is 0 Å². The molecular weight excluding hydrogens is 280 g/mol. The van der Waals surface area contributed by atoms with Crippen LogP contribution in [0.2, 0.25) is 0 Å². The highest BCUT2D eigenvalue weighted by Gasteiger charge is 2.18. The predicted molar refractivity (Wildman–Crippen MR) is 70.6 cm³/mol. The van der Waals surface area contributed by atoms with Gasteiger partial charge in [0.05, 0.1) is 0 Å². The Morgan fingerprint density at radius 1 is 1.17 bits per heavy atom. The molecule has 0 saturated heterocycles. The van der Waals surface area contributed by atoms with Crippen LogP contribution >= 0.6 is 23.5 Å². The Kier molecular flexibility index (Phi) is 8.59. The van der Waals surface area contributed by atoms with Gasteiger partial charge < -0.3 is 21.3 Å². The predicted octanol–water partition coefficient (Wildman–Crippen LogP) is -0.588. The number of rotatable bonds is 9. The lowest BCUT2D eigenvalue weighted by molar-refractivity contribution is -0.140. The molecule has 0 aromatic heterocycles. The van der Waals surface area contributed by atoms with E-state index in [0.717, 1.165) is 0 Å². The van der Waals surface area contributed by atoms with Crippen molar-refractivity contribution in [2.24, 2.45) is 5.73 Å². The molecule has 0 aliphatic heterocycles. The van der Waals surface area contributed by atoms with E-state index in [-0.39, 0.29) is 11.5 Å². The number of carboxylic acid groups (broad SMARTS) is 2. The van der Waals surface area contributed by atoms with Crippen LogP contribution in [0.3, 0.4) is 0 Å². The van der Waals surface area contributed by atoms with Crippen molar-refractivity contribution in [3.05, 3.63) is 0 Å². The Labute approximate surface area is 113 Å². The minimum Gasteiger partial charge on any atom is -0.480 e. The molecule has 1 unspecified atom stereocenters. The van der Waals surface area contributed by atoms with E-state index in [4.69, 9.17) is 15.9 Å². The molecule has 0 spiro atoms. The van der Waals surface area contributed by atoms with Crippen LogP contribution in [0.15, 0.2) is 0 Å². The molecule has 0 aliphatic rings. The Morgan fingerprint density at radius 2 is 1.72 bits per heavy atom. The van der Waals surface area contributed by atoms with Crippen LogP contribution in [0.1, 0.15) is 6.92 Å². The molecule has 5 N–H and O–H groups in total. The van der Waals surface area contributed by atoms with Gasteiger partial charge in [0.25, 0.3) is 0 Å². The first-order chi connectivity index (χ1) is 8.34. The zero-order chi connectivity index (χ0) is 14.1. The second kappa shape index (κ2) is 9.06. The number of carboxylic acids is 2. The lowest BCUT2D eigenvalue weighted by Crippen LogP contribution is -2.41. The number of carbonyl (C=O) groups excluding carboxylic acids is 1. The fraction of sp³-hybridized carbons (Fsp3) is 0.667. The summed E-state index contributed by atoms with van der Waals surface area (Å²) < 4.78 is 0. The zero-order valence-corrected chi connectivity index (χ0v) is 11.4. The summed E-state index contributed by atoms with van der Waals surface area (Å²) in [6.07, 6.45) is 0. The Balaban J connectivity index is 3.77. The Hall–Kier alpha value is -0.930. The first kappa shape index (κ1) is 17.1. The summed E-state index contributed by atoms with van der Waals surface area (Å²) in [7, 11) is 0. The van der Waals surface area contributed by atoms with E-state index >= 15 is 0 Å². The molecule has 9 heteroatoms. The third kappa shape index (κ3) is 8.20. The van der Waals surface area contributed by atoms with E-state index in [1.54, 1.807) is 0 Å². The van der Waals surface area contributed by atoms with Crippen LogP contribution in [-0.2, 0) is 14.4 Å². The summed E-state index contributed by atoms with van der Waals surface area (Å²) in [4.78, 5) is 31.9. The van der Waals surface area contributed by atoms with E-state index in [0.29, 0.717) is 5.08 Å². The molecule has 0 aromatic rings. The number of hydrogen-bond acceptors (Lipinski definition) is 6. The molecule has 0 fully saturated rings. The Morgan fingerprint density at radius 3 is 2.17 bits per heavy atom. The normalized spacial score (nSPS) is 13.7. The number of hydrogen-bond donors (Lipinski definition) is 4. The van der Waals surface area contributed by atoms with Crippen molar-refractivity contribution in [3.8, 4) is 0 Å². The average Bonchev–Trinajstić information content (AvgIpc) is 2.25. The maximum Gasteiger partial charge on any atom is 0.327 e. The van der Waals surface area contributed by atoms with Gasteiger partial charge >= 0.3 is 11.9 Å². The number of thioether (sulfide) groups is 2. The Bertz CT molecular complexity index is 313. The maximum atomic E-state index is 10.8. The van der Waals surface area contributed by atoms with Crippen LogP contribution in [0.25, 0.3) is 0 Å². The highest BCUT2D eigenvalue weighted by molar-refractivity contribution is 8.16. The van der Waals surface area contributed by atoms with Gasteiger partial charge in [-0.2, -0.15) is 0 Å². The summed E-state index contributed by atoms with van der Waals surface area (Å²) in [6.45, 7) is 1.25. The molecule has 7 nitrogen and oxygen atoms in total. The third-order valence-corrected chi connectivity index (χ3v) is 4.24. The van der Waals surface area contributed by atoms with E-state index in [1.165, 1.54) is 30.4 Å². The topological polar surface area (TPSA) is 130 Å². The van der Waals surface area contributed by atoms with Gasteiger partial charge in [0.2, 0.25) is 5.91 Å². The van der Waals surface area contributed by atoms with Gasteiger partial charge in [0, 0.05) is 23.5 Å². The van der Waals surface area contributed by atoms with Crippen LogP contribution in [0.4, 0.5) is 0 Å². The molecule has 0 saturated carbocycles. The summed E-state index contributed by atoms with van der Waals surface area (Å²) >= 11 is 2.62. The number of nitrogens with one attached hydrogen (secondary N) is 1. The molecule has 0 radical (unpaired) electrons. The number of amides is 1. The molecule has 0 rings (SSSR count). The lowest BCUT2D eigenvalue weighted by Gasteiger charge is -2.12. The van der Waals surface area contributed by atoms with Crippen molar-refractivity contribution >= 4 is 41.4 Å². The second-order valence-corrected chi connectivity index (χ2v) is 5.82. The first-order valence-electron chi connectivity index (χ1n) is 4.98. The minimum atomic E-state index is -1.09. The summed E-state index contributed by atoms with van der Waals surface area (Å²) in [5.74, 6) is -2.06. The summed E-state index contributed by atoms with van der Waals surface area (Å²) in [5, 5.41) is 20.2. The van der Waals surface area contributed by atoms with Gasteiger partial charge in [-0.1, -0.05) is 0 Å². The quantitative estimate of drug-likeness (QED) is 0.328. The highest BCUT2D eigenvalue weighted by Crippen LogP contribution is 2.14. The van der Waals surface area contributed by atoms with E-state index in [2.05, 4.69) is 5.32 Å². The fourth-order valence-electron chi connectivity index (χ4n) is 0.891. The smallest absolute Gasteiger partial charge is 0.327 e. The van der Waals surface area contributed by atoms with Gasteiger partial charge in [0.1, 0.15) is 12.1 Å². The molecule has 0 aliphatic carbocycles. The van der Waals surface area contributed by atoms with Crippen molar-refractivity contribution in [2.45, 2.75) is 19.0 Å². The van der Waals surface area contributed by atoms with Crippen LogP contribution in [0, 0.1) is 0 Å². The van der Waals surface area contributed by atoms with Gasteiger partial charge in [-0.15, -0.1) is 23.5 Å². The van der Waals surface area contributed by atoms with Crippen molar-refractivity contribution in [1.82, 2.24) is 5.32 Å². The standard InChI is InChI=1S/C9H16N2O5S2/c1-5(12)11-7(9(15)16)3-18-4-17-2-6(10)8(13)14/h6-7H,2-4,10H2,1H3,(H,11,12)(H,13,14)(H,15,16)/t6?,7-/m0/s1. The lowest BCUT2D eigenvalue weighted by atomic mass is 10.3. The molecule has 18 heavy (non-hydrogen) atoms.